The summed E-state index contributed by atoms with van der Waals surface area (Å²) in [6, 6.07) is 14.4. The zero-order valence-electron chi connectivity index (χ0n) is 15.7. The quantitative estimate of drug-likeness (QED) is 0.643. The Kier molecular flexibility index (Phi) is 6.01. The number of aromatic nitrogens is 1. The van der Waals surface area contributed by atoms with Crippen molar-refractivity contribution >= 4 is 33.1 Å². The van der Waals surface area contributed by atoms with Crippen molar-refractivity contribution in [2.75, 3.05) is 18.4 Å². The summed E-state index contributed by atoms with van der Waals surface area (Å²) in [5.74, 6) is -0.259. The topological polar surface area (TPSA) is 55.7 Å². The summed E-state index contributed by atoms with van der Waals surface area (Å²) in [5, 5.41) is 3.78. The van der Waals surface area contributed by atoms with Crippen LogP contribution in [0.5, 0.6) is 5.75 Å². The molecule has 0 saturated carbocycles. The Balaban J connectivity index is 1.48. The third-order valence-electron chi connectivity index (χ3n) is 5.11. The van der Waals surface area contributed by atoms with Crippen molar-refractivity contribution in [3.63, 3.8) is 0 Å². The highest BCUT2D eigenvalue weighted by atomic mass is 32.1. The van der Waals surface area contributed by atoms with Gasteiger partial charge in [-0.3, -0.25) is 4.79 Å². The fourth-order valence-corrected chi connectivity index (χ4v) is 4.96. The van der Waals surface area contributed by atoms with E-state index in [0.29, 0.717) is 0 Å². The number of nitrogens with one attached hydrogen (secondary N) is 2. The number of amides is 1. The first-order chi connectivity index (χ1) is 14.1. The first-order valence-corrected chi connectivity index (χ1v) is 10.5. The monoisotopic (exact) mass is 418 g/mol. The lowest BCUT2D eigenvalue weighted by atomic mass is 10.0. The minimum Gasteiger partial charge on any atom is -0.433 e. The number of carbonyl (C=O) groups is 1. The maximum absolute atomic E-state index is 12.7. The van der Waals surface area contributed by atoms with Crippen LogP contribution in [0, 0.1) is 0 Å². The van der Waals surface area contributed by atoms with Gasteiger partial charge in [0.2, 0.25) is 0 Å². The number of fused-ring (bicyclic) bond motifs is 1. The normalized spacial score (nSPS) is 19.4. The Labute approximate surface area is 171 Å². The number of benzene rings is 2. The third kappa shape index (κ3) is 4.71. The van der Waals surface area contributed by atoms with Crippen LogP contribution in [0.4, 0.5) is 14.5 Å². The molecule has 4 rings (SSSR count). The second kappa shape index (κ2) is 8.84. The van der Waals surface area contributed by atoms with Crippen molar-refractivity contribution in [1.82, 2.24) is 4.98 Å². The number of para-hydroxylation sites is 3. The molecule has 1 aromatic heterocycles. The second-order valence-electron chi connectivity index (χ2n) is 7.08. The molecule has 0 spiro atoms. The summed E-state index contributed by atoms with van der Waals surface area (Å²) in [6.07, 6.45) is 3.14. The molecule has 2 N–H and O–H groups in total. The molecule has 1 saturated heterocycles. The smallest absolute Gasteiger partial charge is 0.387 e. The number of halogens is 2. The summed E-state index contributed by atoms with van der Waals surface area (Å²) in [4.78, 5) is 18.6. The number of ether oxygens (including phenoxy) is 1. The number of carbonyl (C=O) groups excluding carboxylic acids is 1. The van der Waals surface area contributed by atoms with E-state index < -0.39 is 6.61 Å². The molecule has 29 heavy (non-hydrogen) atoms. The van der Waals surface area contributed by atoms with Gasteiger partial charge < -0.3 is 15.0 Å². The van der Waals surface area contributed by atoms with Crippen molar-refractivity contribution in [3.8, 4) is 5.75 Å². The van der Waals surface area contributed by atoms with Crippen LogP contribution in [0.3, 0.4) is 0 Å². The molecule has 1 aliphatic rings. The lowest BCUT2D eigenvalue weighted by molar-refractivity contribution is -0.929. The zero-order chi connectivity index (χ0) is 20.2. The highest BCUT2D eigenvalue weighted by Crippen LogP contribution is 2.29. The molecule has 0 radical (unpaired) electrons. The molecule has 1 fully saturated rings. The minimum absolute atomic E-state index is 0.0350. The van der Waals surface area contributed by atoms with E-state index in [1.54, 1.807) is 29.5 Å². The van der Waals surface area contributed by atoms with E-state index in [1.165, 1.54) is 6.07 Å². The Hall–Kier alpha value is -2.58. The van der Waals surface area contributed by atoms with Gasteiger partial charge in [-0.2, -0.15) is 8.78 Å². The second-order valence-corrected chi connectivity index (χ2v) is 8.14. The van der Waals surface area contributed by atoms with Crippen molar-refractivity contribution in [3.05, 3.63) is 53.5 Å². The Morgan fingerprint density at radius 3 is 2.83 bits per heavy atom. The van der Waals surface area contributed by atoms with E-state index in [4.69, 9.17) is 4.98 Å². The molecular formula is C21H22F2N3O2S+. The van der Waals surface area contributed by atoms with Crippen molar-refractivity contribution in [2.45, 2.75) is 31.9 Å². The number of hydrogen-bond donors (Lipinski definition) is 2. The van der Waals surface area contributed by atoms with Crippen LogP contribution in [0.2, 0.25) is 0 Å². The number of rotatable bonds is 6. The van der Waals surface area contributed by atoms with Crippen LogP contribution in [0.1, 0.15) is 30.3 Å². The molecule has 2 atom stereocenters. The van der Waals surface area contributed by atoms with Gasteiger partial charge in [0.05, 0.1) is 22.4 Å². The third-order valence-corrected chi connectivity index (χ3v) is 6.26. The molecule has 3 aromatic rings. The minimum atomic E-state index is -2.94. The van der Waals surface area contributed by atoms with Gasteiger partial charge in [-0.25, -0.2) is 4.98 Å². The molecule has 2 heterocycles. The van der Waals surface area contributed by atoms with E-state index >= 15 is 0 Å². The fourth-order valence-electron chi connectivity index (χ4n) is 3.80. The number of likely N-dealkylation sites (tertiary alicyclic amines) is 1. The maximum atomic E-state index is 12.7. The van der Waals surface area contributed by atoms with Gasteiger partial charge in [0.25, 0.3) is 5.91 Å². The fraction of sp³-hybridized carbons (Fsp3) is 0.333. The molecule has 0 bridgehead atoms. The van der Waals surface area contributed by atoms with E-state index in [9.17, 15) is 13.6 Å². The predicted octanol–water partition coefficient (Wildman–Crippen LogP) is 3.65. The molecular weight excluding hydrogens is 396 g/mol. The molecule has 1 unspecified atom stereocenters. The van der Waals surface area contributed by atoms with Crippen LogP contribution < -0.4 is 15.0 Å². The Bertz CT molecular complexity index is 962. The van der Waals surface area contributed by atoms with Crippen LogP contribution in [0.15, 0.2) is 48.5 Å². The van der Waals surface area contributed by atoms with Crippen molar-refractivity contribution < 1.29 is 23.2 Å². The van der Waals surface area contributed by atoms with E-state index in [2.05, 4.69) is 16.1 Å². The molecule has 2 aromatic carbocycles. The van der Waals surface area contributed by atoms with Gasteiger partial charge in [0.15, 0.2) is 11.6 Å². The van der Waals surface area contributed by atoms with Crippen LogP contribution in [0.25, 0.3) is 10.2 Å². The average Bonchev–Trinajstić information content (AvgIpc) is 3.13. The van der Waals surface area contributed by atoms with Gasteiger partial charge in [0, 0.05) is 6.42 Å². The largest absolute Gasteiger partial charge is 0.433 e. The van der Waals surface area contributed by atoms with Crippen LogP contribution in [-0.4, -0.2) is 30.6 Å². The Morgan fingerprint density at radius 1 is 1.21 bits per heavy atom. The van der Waals surface area contributed by atoms with Crippen LogP contribution >= 0.6 is 11.3 Å². The number of alkyl halides is 2. The van der Waals surface area contributed by atoms with Crippen LogP contribution in [-0.2, 0) is 4.79 Å². The number of thiazole rings is 1. The highest BCUT2D eigenvalue weighted by Gasteiger charge is 2.32. The number of nitrogens with zero attached hydrogens (tertiary/aromatic N) is 1. The Morgan fingerprint density at radius 2 is 2.00 bits per heavy atom. The average molecular weight is 418 g/mol. The van der Waals surface area contributed by atoms with Gasteiger partial charge >= 0.3 is 6.61 Å². The summed E-state index contributed by atoms with van der Waals surface area (Å²) < 4.78 is 30.8. The molecule has 8 heteroatoms. The SMILES string of the molecule is O=C(C[NH+]1CCCC[C@H]1c1nc2ccccc2s1)Nc1ccccc1OC(F)F. The predicted molar refractivity (Wildman–Crippen MR) is 109 cm³/mol. The number of hydrogen-bond acceptors (Lipinski definition) is 4. The first-order valence-electron chi connectivity index (χ1n) is 9.64. The molecule has 5 nitrogen and oxygen atoms in total. The summed E-state index contributed by atoms with van der Waals surface area (Å²) in [5.41, 5.74) is 1.24. The van der Waals surface area contributed by atoms with Crippen molar-refractivity contribution in [2.24, 2.45) is 0 Å². The molecule has 1 aliphatic heterocycles. The lowest BCUT2D eigenvalue weighted by Gasteiger charge is -2.30. The van der Waals surface area contributed by atoms with Gasteiger partial charge in [0.1, 0.15) is 11.8 Å². The zero-order valence-corrected chi connectivity index (χ0v) is 16.6. The van der Waals surface area contributed by atoms with Gasteiger partial charge in [-0.15, -0.1) is 11.3 Å². The highest BCUT2D eigenvalue weighted by molar-refractivity contribution is 7.18. The number of piperidine rings is 1. The van der Waals surface area contributed by atoms with E-state index in [1.807, 2.05) is 18.2 Å². The maximum Gasteiger partial charge on any atom is 0.387 e. The van der Waals surface area contributed by atoms with Crippen molar-refractivity contribution in [1.29, 1.82) is 0 Å². The lowest BCUT2D eigenvalue weighted by Crippen LogP contribution is -3.14. The molecule has 0 aliphatic carbocycles. The summed E-state index contributed by atoms with van der Waals surface area (Å²) in [6.45, 7) is -1.81. The molecule has 1 amide bonds. The first kappa shape index (κ1) is 19.7. The van der Waals surface area contributed by atoms with E-state index in [-0.39, 0.29) is 29.9 Å². The standard InChI is InChI=1S/C21H21F2N3O2S/c22-21(23)28-17-10-3-1-7-14(17)24-19(27)13-26-12-6-5-9-16(26)20-25-15-8-2-4-11-18(15)29-20/h1-4,7-8,10-11,16,21H,5-6,9,12-13H2,(H,24,27)/p+1/t16-/m0/s1. The van der Waals surface area contributed by atoms with Gasteiger partial charge in [-0.1, -0.05) is 24.3 Å². The van der Waals surface area contributed by atoms with Gasteiger partial charge in [-0.05, 0) is 37.1 Å². The number of anilines is 1. The number of quaternary nitrogens is 1. The van der Waals surface area contributed by atoms with E-state index in [0.717, 1.165) is 45.9 Å². The summed E-state index contributed by atoms with van der Waals surface area (Å²) >= 11 is 1.68. The summed E-state index contributed by atoms with van der Waals surface area (Å²) in [7, 11) is 0. The molecule has 152 valence electrons.